The Labute approximate surface area is 119 Å². The van der Waals surface area contributed by atoms with Crippen molar-refractivity contribution < 1.29 is 9.18 Å². The summed E-state index contributed by atoms with van der Waals surface area (Å²) in [5.74, 6) is -0.299. The normalized spacial score (nSPS) is 11.2. The molecule has 0 spiro atoms. The zero-order valence-corrected chi connectivity index (χ0v) is 12.0. The van der Waals surface area contributed by atoms with E-state index in [1.807, 2.05) is 11.3 Å². The number of imidazole rings is 1. The molecule has 5 heteroatoms. The molecule has 0 saturated carbocycles. The van der Waals surface area contributed by atoms with Gasteiger partial charge >= 0.3 is 0 Å². The number of rotatable bonds is 3. The third-order valence-corrected chi connectivity index (χ3v) is 4.37. The van der Waals surface area contributed by atoms with E-state index in [9.17, 15) is 9.18 Å². The summed E-state index contributed by atoms with van der Waals surface area (Å²) >= 11 is 1.57. The average Bonchev–Trinajstić information content (AvgIpc) is 2.93. The largest absolute Gasteiger partial charge is 0.296 e. The SMILES string of the molecule is CCc1c(C)sc2nc(-c3ccc(F)cc3)c(C=O)n12. The van der Waals surface area contributed by atoms with Crippen molar-refractivity contribution in [3.8, 4) is 11.3 Å². The number of benzene rings is 1. The molecule has 0 amide bonds. The molecule has 0 fully saturated rings. The minimum atomic E-state index is -0.299. The zero-order valence-electron chi connectivity index (χ0n) is 11.2. The molecule has 0 atom stereocenters. The van der Waals surface area contributed by atoms with Gasteiger partial charge in [-0.15, -0.1) is 11.3 Å². The number of carbonyl (C=O) groups is 1. The van der Waals surface area contributed by atoms with Gasteiger partial charge in [0.25, 0.3) is 0 Å². The van der Waals surface area contributed by atoms with E-state index in [1.165, 1.54) is 17.0 Å². The van der Waals surface area contributed by atoms with Gasteiger partial charge in [0.1, 0.15) is 17.2 Å². The number of halogens is 1. The second-order valence-electron chi connectivity index (χ2n) is 4.55. The Hall–Kier alpha value is -2.01. The van der Waals surface area contributed by atoms with Gasteiger partial charge in [-0.25, -0.2) is 9.37 Å². The molecule has 0 saturated heterocycles. The molecule has 1 aromatic carbocycles. The van der Waals surface area contributed by atoms with Gasteiger partial charge in [-0.05, 0) is 37.6 Å². The van der Waals surface area contributed by atoms with Crippen molar-refractivity contribution in [1.82, 2.24) is 9.38 Å². The van der Waals surface area contributed by atoms with Gasteiger partial charge in [-0.2, -0.15) is 0 Å². The van der Waals surface area contributed by atoms with Crippen LogP contribution >= 0.6 is 11.3 Å². The summed E-state index contributed by atoms with van der Waals surface area (Å²) < 4.78 is 14.9. The van der Waals surface area contributed by atoms with Crippen LogP contribution in [0.25, 0.3) is 16.2 Å². The van der Waals surface area contributed by atoms with Crippen molar-refractivity contribution >= 4 is 22.6 Å². The minimum absolute atomic E-state index is 0.299. The molecule has 3 nitrogen and oxygen atoms in total. The lowest BCUT2D eigenvalue weighted by Crippen LogP contribution is -1.97. The fourth-order valence-corrected chi connectivity index (χ4v) is 3.49. The van der Waals surface area contributed by atoms with Crippen molar-refractivity contribution in [2.45, 2.75) is 20.3 Å². The summed E-state index contributed by atoms with van der Waals surface area (Å²) in [6.07, 6.45) is 1.66. The van der Waals surface area contributed by atoms with Crippen molar-refractivity contribution in [3.05, 3.63) is 46.3 Å². The van der Waals surface area contributed by atoms with Crippen LogP contribution in [0.1, 0.15) is 28.0 Å². The Bertz CT molecular complexity index is 786. The standard InChI is InChI=1S/C15H13FN2OS/c1-3-12-9(2)20-15-17-14(13(8-19)18(12)15)10-4-6-11(16)7-5-10/h4-8H,3H2,1-2H3. The average molecular weight is 288 g/mol. The summed E-state index contributed by atoms with van der Waals surface area (Å²) in [7, 11) is 0. The van der Waals surface area contributed by atoms with Gasteiger partial charge in [0.2, 0.25) is 0 Å². The highest BCUT2D eigenvalue weighted by atomic mass is 32.1. The van der Waals surface area contributed by atoms with Crippen molar-refractivity contribution in [1.29, 1.82) is 0 Å². The van der Waals surface area contributed by atoms with Gasteiger partial charge in [-0.1, -0.05) is 6.92 Å². The maximum atomic E-state index is 13.0. The number of aromatic nitrogens is 2. The molecule has 0 bridgehead atoms. The highest BCUT2D eigenvalue weighted by molar-refractivity contribution is 7.17. The first-order valence-corrected chi connectivity index (χ1v) is 7.19. The summed E-state index contributed by atoms with van der Waals surface area (Å²) in [5, 5.41) is 0. The second-order valence-corrected chi connectivity index (χ2v) is 5.73. The molecule has 0 radical (unpaired) electrons. The molecule has 0 aliphatic heterocycles. The number of hydrogen-bond acceptors (Lipinski definition) is 3. The lowest BCUT2D eigenvalue weighted by atomic mass is 10.1. The Balaban J connectivity index is 2.29. The fourth-order valence-electron chi connectivity index (χ4n) is 2.43. The quantitative estimate of drug-likeness (QED) is 0.685. The van der Waals surface area contributed by atoms with Crippen molar-refractivity contribution in [2.75, 3.05) is 0 Å². The van der Waals surface area contributed by atoms with Crippen LogP contribution in [0.3, 0.4) is 0 Å². The number of fused-ring (bicyclic) bond motifs is 1. The van der Waals surface area contributed by atoms with Gasteiger partial charge in [0.15, 0.2) is 11.2 Å². The van der Waals surface area contributed by atoms with Crippen LogP contribution in [-0.4, -0.2) is 15.7 Å². The van der Waals surface area contributed by atoms with Crippen LogP contribution in [0, 0.1) is 12.7 Å². The highest BCUT2D eigenvalue weighted by Crippen LogP contribution is 2.30. The zero-order chi connectivity index (χ0) is 14.3. The maximum absolute atomic E-state index is 13.0. The number of thiazole rings is 1. The molecular weight excluding hydrogens is 275 g/mol. The smallest absolute Gasteiger partial charge is 0.195 e. The molecule has 2 heterocycles. The Morgan fingerprint density at radius 3 is 2.65 bits per heavy atom. The molecule has 20 heavy (non-hydrogen) atoms. The maximum Gasteiger partial charge on any atom is 0.195 e. The molecular formula is C15H13FN2OS. The van der Waals surface area contributed by atoms with Crippen LogP contribution in [0.4, 0.5) is 4.39 Å². The van der Waals surface area contributed by atoms with E-state index in [1.54, 1.807) is 23.5 Å². The van der Waals surface area contributed by atoms with E-state index >= 15 is 0 Å². The third-order valence-electron chi connectivity index (χ3n) is 3.37. The number of aryl methyl sites for hydroxylation is 2. The predicted octanol–water partition coefficient (Wildman–Crippen LogP) is 3.89. The van der Waals surface area contributed by atoms with Crippen LogP contribution in [-0.2, 0) is 6.42 Å². The van der Waals surface area contributed by atoms with Gasteiger partial charge in [-0.3, -0.25) is 9.20 Å². The molecule has 3 rings (SSSR count). The minimum Gasteiger partial charge on any atom is -0.296 e. The van der Waals surface area contributed by atoms with Crippen molar-refractivity contribution in [2.24, 2.45) is 0 Å². The van der Waals surface area contributed by atoms with E-state index in [4.69, 9.17) is 0 Å². The van der Waals surface area contributed by atoms with Crippen LogP contribution in [0.2, 0.25) is 0 Å². The number of nitrogens with zero attached hydrogens (tertiary/aromatic N) is 2. The van der Waals surface area contributed by atoms with Gasteiger partial charge < -0.3 is 0 Å². The lowest BCUT2D eigenvalue weighted by molar-refractivity contribution is 0.111. The molecule has 3 aromatic rings. The topological polar surface area (TPSA) is 34.4 Å². The van der Waals surface area contributed by atoms with E-state index in [0.29, 0.717) is 11.4 Å². The van der Waals surface area contributed by atoms with E-state index in [-0.39, 0.29) is 5.82 Å². The van der Waals surface area contributed by atoms with Crippen LogP contribution in [0.15, 0.2) is 24.3 Å². The summed E-state index contributed by atoms with van der Waals surface area (Å²) in [6, 6.07) is 6.05. The number of hydrogen-bond donors (Lipinski definition) is 0. The fraction of sp³-hybridized carbons (Fsp3) is 0.200. The number of aldehydes is 1. The first-order chi connectivity index (χ1) is 9.65. The lowest BCUT2D eigenvalue weighted by Gasteiger charge is -2.01. The highest BCUT2D eigenvalue weighted by Gasteiger charge is 2.18. The van der Waals surface area contributed by atoms with E-state index < -0.39 is 0 Å². The molecule has 0 aliphatic rings. The Morgan fingerprint density at radius 1 is 1.35 bits per heavy atom. The van der Waals surface area contributed by atoms with Crippen LogP contribution in [0.5, 0.6) is 0 Å². The van der Waals surface area contributed by atoms with Crippen LogP contribution < -0.4 is 0 Å². The van der Waals surface area contributed by atoms with E-state index in [0.717, 1.165) is 28.9 Å². The number of carbonyl (C=O) groups excluding carboxylic acids is 1. The van der Waals surface area contributed by atoms with Crippen molar-refractivity contribution in [3.63, 3.8) is 0 Å². The van der Waals surface area contributed by atoms with E-state index in [2.05, 4.69) is 11.9 Å². The summed E-state index contributed by atoms with van der Waals surface area (Å²) in [6.45, 7) is 4.09. The van der Waals surface area contributed by atoms with Gasteiger partial charge in [0.05, 0.1) is 0 Å². The first kappa shape index (κ1) is 13.0. The Morgan fingerprint density at radius 2 is 2.05 bits per heavy atom. The molecule has 0 aliphatic carbocycles. The molecule has 0 N–H and O–H groups in total. The molecule has 0 unspecified atom stereocenters. The van der Waals surface area contributed by atoms with Gasteiger partial charge in [0, 0.05) is 16.1 Å². The summed E-state index contributed by atoms with van der Waals surface area (Å²) in [4.78, 5) is 18.0. The first-order valence-electron chi connectivity index (χ1n) is 6.37. The predicted molar refractivity (Wildman–Crippen MR) is 78.0 cm³/mol. The molecule has 2 aromatic heterocycles. The molecule has 102 valence electrons. The monoisotopic (exact) mass is 288 g/mol. The second kappa shape index (κ2) is 4.83. The third kappa shape index (κ3) is 1.86. The Kier molecular flexibility index (Phi) is 3.14. The summed E-state index contributed by atoms with van der Waals surface area (Å²) in [5.41, 5.74) is 3.01.